The third-order valence-electron chi connectivity index (χ3n) is 5.46. The summed E-state index contributed by atoms with van der Waals surface area (Å²) < 4.78 is 5.27. The van der Waals surface area contributed by atoms with Crippen LogP contribution in [0.4, 0.5) is 4.79 Å². The quantitative estimate of drug-likeness (QED) is 0.854. The first-order chi connectivity index (χ1) is 11.9. The summed E-state index contributed by atoms with van der Waals surface area (Å²) in [6.07, 6.45) is 3.71. The first-order valence-electron chi connectivity index (χ1n) is 9.46. The fourth-order valence-corrected chi connectivity index (χ4v) is 3.82. The molecule has 0 bridgehead atoms. The maximum Gasteiger partial charge on any atom is 0.317 e. The molecule has 1 unspecified atom stereocenters. The fraction of sp³-hybridized carbons (Fsp3) is 0.833. The number of amides is 2. The first-order valence-corrected chi connectivity index (χ1v) is 9.46. The standard InChI is InChI=1S/C18H31N5O2/c1-13(2)11-18(5-6-18)12-19-17(24)23-9-7-22(8-10-23)14(3)16-20-15(4)21-25-16/h13-14H,5-12H2,1-4H3,(H,19,24). The number of carbonyl (C=O) groups excluding carboxylic acids is 1. The normalized spacial score (nSPS) is 21.4. The van der Waals surface area contributed by atoms with E-state index < -0.39 is 0 Å². The van der Waals surface area contributed by atoms with Crippen LogP contribution in [0.1, 0.15) is 57.8 Å². The molecule has 2 heterocycles. The molecule has 1 saturated carbocycles. The summed E-state index contributed by atoms with van der Waals surface area (Å²) in [5.41, 5.74) is 0.371. The molecule has 2 amide bonds. The van der Waals surface area contributed by atoms with E-state index in [0.29, 0.717) is 23.0 Å². The van der Waals surface area contributed by atoms with E-state index >= 15 is 0 Å². The van der Waals surface area contributed by atoms with Gasteiger partial charge >= 0.3 is 6.03 Å². The lowest BCUT2D eigenvalue weighted by Gasteiger charge is -2.37. The summed E-state index contributed by atoms with van der Waals surface area (Å²) in [6.45, 7) is 12.4. The Labute approximate surface area is 150 Å². The molecule has 0 spiro atoms. The number of nitrogens with one attached hydrogen (secondary N) is 1. The molecular weight excluding hydrogens is 318 g/mol. The van der Waals surface area contributed by atoms with E-state index in [4.69, 9.17) is 4.52 Å². The summed E-state index contributed by atoms with van der Waals surface area (Å²) >= 11 is 0. The molecule has 3 rings (SSSR count). The van der Waals surface area contributed by atoms with E-state index in [1.165, 1.54) is 19.3 Å². The van der Waals surface area contributed by atoms with Crippen molar-refractivity contribution < 1.29 is 9.32 Å². The van der Waals surface area contributed by atoms with Gasteiger partial charge in [0.15, 0.2) is 5.82 Å². The van der Waals surface area contributed by atoms with Gasteiger partial charge in [-0.15, -0.1) is 0 Å². The third kappa shape index (κ3) is 4.51. The molecule has 0 radical (unpaired) electrons. The molecule has 1 N–H and O–H groups in total. The minimum Gasteiger partial charge on any atom is -0.338 e. The second-order valence-electron chi connectivity index (χ2n) is 8.14. The summed E-state index contributed by atoms with van der Waals surface area (Å²) in [5, 5.41) is 7.03. The fourth-order valence-electron chi connectivity index (χ4n) is 3.82. The number of rotatable bonds is 6. The highest BCUT2D eigenvalue weighted by Gasteiger charge is 2.43. The molecule has 1 aliphatic carbocycles. The van der Waals surface area contributed by atoms with E-state index in [-0.39, 0.29) is 12.1 Å². The molecule has 7 heteroatoms. The Morgan fingerprint density at radius 3 is 2.44 bits per heavy atom. The van der Waals surface area contributed by atoms with Crippen LogP contribution in [0.5, 0.6) is 0 Å². The highest BCUT2D eigenvalue weighted by atomic mass is 16.5. The van der Waals surface area contributed by atoms with Crippen LogP contribution >= 0.6 is 0 Å². The van der Waals surface area contributed by atoms with Gasteiger partial charge in [0.1, 0.15) is 0 Å². The second-order valence-corrected chi connectivity index (χ2v) is 8.14. The van der Waals surface area contributed by atoms with Crippen LogP contribution in [-0.2, 0) is 0 Å². The minimum atomic E-state index is 0.0796. The van der Waals surface area contributed by atoms with E-state index in [2.05, 4.69) is 41.1 Å². The number of hydrogen-bond donors (Lipinski definition) is 1. The van der Waals surface area contributed by atoms with Gasteiger partial charge in [-0.3, -0.25) is 4.90 Å². The summed E-state index contributed by atoms with van der Waals surface area (Å²) in [4.78, 5) is 21.0. The maximum atomic E-state index is 12.5. The van der Waals surface area contributed by atoms with Crippen LogP contribution in [0.3, 0.4) is 0 Å². The van der Waals surface area contributed by atoms with Crippen LogP contribution < -0.4 is 5.32 Å². The lowest BCUT2D eigenvalue weighted by molar-refractivity contribution is 0.0994. The SMILES string of the molecule is Cc1noc(C(C)N2CCN(C(=O)NCC3(CC(C)C)CC3)CC2)n1. The molecule has 2 aliphatic rings. The van der Waals surface area contributed by atoms with Crippen molar-refractivity contribution >= 4 is 6.03 Å². The average Bonchev–Trinajstić information content (AvgIpc) is 3.20. The van der Waals surface area contributed by atoms with E-state index in [1.54, 1.807) is 0 Å². The number of nitrogens with zero attached hydrogens (tertiary/aromatic N) is 4. The Morgan fingerprint density at radius 2 is 1.92 bits per heavy atom. The molecular formula is C18H31N5O2. The lowest BCUT2D eigenvalue weighted by Crippen LogP contribution is -2.52. The zero-order valence-corrected chi connectivity index (χ0v) is 15.9. The van der Waals surface area contributed by atoms with Crippen molar-refractivity contribution in [3.8, 4) is 0 Å². The second kappa shape index (κ2) is 7.32. The van der Waals surface area contributed by atoms with Gasteiger partial charge in [0.2, 0.25) is 5.89 Å². The molecule has 140 valence electrons. The van der Waals surface area contributed by atoms with E-state index in [1.807, 2.05) is 11.8 Å². The smallest absolute Gasteiger partial charge is 0.317 e. The Bertz CT molecular complexity index is 588. The number of piperazine rings is 1. The molecule has 1 saturated heterocycles. The van der Waals surface area contributed by atoms with Gasteiger partial charge in [-0.05, 0) is 44.4 Å². The predicted octanol–water partition coefficient (Wildman–Crippen LogP) is 2.59. The Kier molecular flexibility index (Phi) is 5.32. The van der Waals surface area contributed by atoms with Crippen molar-refractivity contribution in [2.24, 2.45) is 11.3 Å². The molecule has 25 heavy (non-hydrogen) atoms. The van der Waals surface area contributed by atoms with Gasteiger partial charge < -0.3 is 14.7 Å². The molecule has 7 nitrogen and oxygen atoms in total. The molecule has 1 aromatic rings. The van der Waals surface area contributed by atoms with Crippen molar-refractivity contribution in [3.05, 3.63) is 11.7 Å². The maximum absolute atomic E-state index is 12.5. The van der Waals surface area contributed by atoms with Gasteiger partial charge in [0.05, 0.1) is 6.04 Å². The molecule has 2 fully saturated rings. The van der Waals surface area contributed by atoms with Crippen LogP contribution in [0.15, 0.2) is 4.52 Å². The lowest BCUT2D eigenvalue weighted by atomic mass is 9.94. The number of aryl methyl sites for hydroxylation is 1. The minimum absolute atomic E-state index is 0.0796. The van der Waals surface area contributed by atoms with E-state index in [9.17, 15) is 4.79 Å². The molecule has 1 aromatic heterocycles. The van der Waals surface area contributed by atoms with Gasteiger partial charge in [0.25, 0.3) is 0 Å². The Hall–Kier alpha value is -1.63. The zero-order chi connectivity index (χ0) is 18.0. The van der Waals surface area contributed by atoms with Crippen molar-refractivity contribution in [1.29, 1.82) is 0 Å². The topological polar surface area (TPSA) is 74.5 Å². The number of carbonyl (C=O) groups is 1. The Morgan fingerprint density at radius 1 is 1.24 bits per heavy atom. The van der Waals surface area contributed by atoms with Crippen LogP contribution in [0.2, 0.25) is 0 Å². The van der Waals surface area contributed by atoms with Crippen LogP contribution in [0.25, 0.3) is 0 Å². The number of hydrogen-bond acceptors (Lipinski definition) is 5. The van der Waals surface area contributed by atoms with Gasteiger partial charge in [-0.2, -0.15) is 4.98 Å². The Balaban J connectivity index is 1.43. The third-order valence-corrected chi connectivity index (χ3v) is 5.46. The van der Waals surface area contributed by atoms with Gasteiger partial charge in [0, 0.05) is 32.7 Å². The summed E-state index contributed by atoms with van der Waals surface area (Å²) in [6, 6.07) is 0.170. The van der Waals surface area contributed by atoms with Gasteiger partial charge in [-0.25, -0.2) is 4.79 Å². The van der Waals surface area contributed by atoms with Crippen molar-refractivity contribution in [2.45, 2.75) is 53.0 Å². The van der Waals surface area contributed by atoms with Crippen LogP contribution in [0, 0.1) is 18.3 Å². The largest absolute Gasteiger partial charge is 0.338 e. The number of aromatic nitrogens is 2. The van der Waals surface area contributed by atoms with E-state index in [0.717, 1.165) is 32.7 Å². The monoisotopic (exact) mass is 349 g/mol. The number of urea groups is 1. The predicted molar refractivity (Wildman–Crippen MR) is 95.1 cm³/mol. The van der Waals surface area contributed by atoms with Crippen molar-refractivity contribution in [1.82, 2.24) is 25.3 Å². The van der Waals surface area contributed by atoms with Crippen LogP contribution in [-0.4, -0.2) is 58.7 Å². The molecule has 0 aromatic carbocycles. The zero-order valence-electron chi connectivity index (χ0n) is 15.9. The highest BCUT2D eigenvalue weighted by molar-refractivity contribution is 5.74. The molecule has 1 atom stereocenters. The first kappa shape index (κ1) is 18.2. The highest BCUT2D eigenvalue weighted by Crippen LogP contribution is 2.50. The molecule has 1 aliphatic heterocycles. The van der Waals surface area contributed by atoms with Crippen molar-refractivity contribution in [2.75, 3.05) is 32.7 Å². The summed E-state index contributed by atoms with van der Waals surface area (Å²) in [5.74, 6) is 2.01. The van der Waals surface area contributed by atoms with Crippen molar-refractivity contribution in [3.63, 3.8) is 0 Å². The van der Waals surface area contributed by atoms with Gasteiger partial charge in [-0.1, -0.05) is 19.0 Å². The average molecular weight is 349 g/mol. The summed E-state index contributed by atoms with van der Waals surface area (Å²) in [7, 11) is 0.